The molecule has 0 saturated carbocycles. The van der Waals surface area contributed by atoms with Gasteiger partial charge in [-0.15, -0.1) is 0 Å². The Hall–Kier alpha value is -4.03. The Balaban J connectivity index is 1.34. The van der Waals surface area contributed by atoms with E-state index in [-0.39, 0.29) is 21.3 Å². The topological polar surface area (TPSA) is 73.1 Å². The van der Waals surface area contributed by atoms with Crippen LogP contribution in [0.4, 0.5) is 0 Å². The van der Waals surface area contributed by atoms with Crippen LogP contribution < -0.4 is 21.3 Å². The average Bonchev–Trinajstić information content (AvgIpc) is 3.18. The molecule has 1 aliphatic heterocycles. The van der Waals surface area contributed by atoms with Crippen LogP contribution in [0.2, 0.25) is 0 Å². The Morgan fingerprint density at radius 2 is 1.19 bits per heavy atom. The maximum atomic E-state index is 13.8. The summed E-state index contributed by atoms with van der Waals surface area (Å²) in [6.07, 6.45) is 7.20. The molecular formula is C44H31Br4O6+. The van der Waals surface area contributed by atoms with E-state index in [1.54, 1.807) is 26.4 Å². The highest BCUT2D eigenvalue weighted by molar-refractivity contribution is 9.13. The highest BCUT2D eigenvalue weighted by Crippen LogP contribution is 2.37. The van der Waals surface area contributed by atoms with E-state index in [1.165, 1.54) is 0 Å². The molecule has 1 atom stereocenters. The molecular weight excluding hydrogens is 944 g/mol. The number of halogens is 4. The SMILES string of the molecule is COCc1ccccc1C1=CC(C=c2c(=O)c(=Cc3cc(-c4ccc(Br)c(Br)c4)[o+]c(-c4ccccc4COC)c3)c2=O)C=C(c2ccc(Br)c(Br)c2)O1. The van der Waals surface area contributed by atoms with E-state index in [0.29, 0.717) is 41.8 Å². The molecule has 0 bridgehead atoms. The van der Waals surface area contributed by atoms with E-state index >= 15 is 0 Å². The van der Waals surface area contributed by atoms with Crippen LogP contribution in [-0.4, -0.2) is 14.2 Å². The van der Waals surface area contributed by atoms with Gasteiger partial charge < -0.3 is 14.2 Å². The number of ether oxygens (including phenoxy) is 3. The van der Waals surface area contributed by atoms with Gasteiger partial charge in [-0.3, -0.25) is 9.59 Å². The molecule has 0 saturated heterocycles. The van der Waals surface area contributed by atoms with Crippen LogP contribution in [0.5, 0.6) is 0 Å². The molecule has 0 fully saturated rings. The molecule has 270 valence electrons. The van der Waals surface area contributed by atoms with Crippen molar-refractivity contribution in [2.24, 2.45) is 5.92 Å². The van der Waals surface area contributed by atoms with E-state index in [1.807, 2.05) is 109 Å². The summed E-state index contributed by atoms with van der Waals surface area (Å²) in [6, 6.07) is 31.0. The second kappa shape index (κ2) is 16.8. The molecule has 54 heavy (non-hydrogen) atoms. The minimum atomic E-state index is -0.409. The van der Waals surface area contributed by atoms with E-state index in [4.69, 9.17) is 18.6 Å². The van der Waals surface area contributed by atoms with E-state index in [0.717, 1.165) is 51.3 Å². The van der Waals surface area contributed by atoms with Crippen LogP contribution in [0.25, 0.3) is 46.3 Å². The van der Waals surface area contributed by atoms with Gasteiger partial charge in [0.05, 0.1) is 46.9 Å². The quantitative estimate of drug-likeness (QED) is 0.127. The van der Waals surface area contributed by atoms with Crippen LogP contribution in [0, 0.1) is 5.92 Å². The first-order chi connectivity index (χ1) is 26.1. The Kier molecular flexibility index (Phi) is 11.9. The number of rotatable bonds is 10. The Bertz CT molecular complexity index is 2640. The summed E-state index contributed by atoms with van der Waals surface area (Å²) >= 11 is 14.3. The molecule has 6 nitrogen and oxygen atoms in total. The molecule has 0 amide bonds. The molecule has 1 aliphatic rings. The molecule has 0 spiro atoms. The van der Waals surface area contributed by atoms with Crippen molar-refractivity contribution in [1.29, 1.82) is 0 Å². The number of hydrogen-bond acceptors (Lipinski definition) is 5. The number of methoxy groups -OCH3 is 2. The van der Waals surface area contributed by atoms with Crippen molar-refractivity contribution in [3.8, 4) is 22.6 Å². The fourth-order valence-electron chi connectivity index (χ4n) is 6.32. The Morgan fingerprint density at radius 3 is 1.83 bits per heavy atom. The van der Waals surface area contributed by atoms with Crippen LogP contribution >= 0.6 is 63.7 Å². The van der Waals surface area contributed by atoms with Crippen molar-refractivity contribution in [2.75, 3.05) is 14.2 Å². The van der Waals surface area contributed by atoms with Gasteiger partial charge in [0.25, 0.3) is 0 Å². The van der Waals surface area contributed by atoms with Gasteiger partial charge in [-0.2, -0.15) is 0 Å². The molecule has 2 heterocycles. The fourth-order valence-corrected chi connectivity index (χ4v) is 7.57. The van der Waals surface area contributed by atoms with Crippen LogP contribution in [-0.2, 0) is 27.4 Å². The molecule has 1 unspecified atom stereocenters. The van der Waals surface area contributed by atoms with Crippen LogP contribution in [0.1, 0.15) is 27.8 Å². The number of allylic oxidation sites excluding steroid dienone is 2. The van der Waals surface area contributed by atoms with Gasteiger partial charge >= 0.3 is 11.5 Å². The molecule has 0 aliphatic carbocycles. The van der Waals surface area contributed by atoms with Crippen molar-refractivity contribution in [3.05, 3.63) is 186 Å². The third-order valence-electron chi connectivity index (χ3n) is 8.95. The summed E-state index contributed by atoms with van der Waals surface area (Å²) in [5.41, 5.74) is 5.26. The summed E-state index contributed by atoms with van der Waals surface area (Å²) in [5, 5.41) is 0.235. The minimum absolute atomic E-state index is 0.106. The summed E-state index contributed by atoms with van der Waals surface area (Å²) < 4.78 is 27.4. The van der Waals surface area contributed by atoms with E-state index < -0.39 is 5.92 Å². The van der Waals surface area contributed by atoms with Crippen molar-refractivity contribution in [2.45, 2.75) is 13.2 Å². The Labute approximate surface area is 345 Å². The van der Waals surface area contributed by atoms with Gasteiger partial charge in [-0.25, -0.2) is 4.42 Å². The van der Waals surface area contributed by atoms with Gasteiger partial charge in [0.1, 0.15) is 11.5 Å². The highest BCUT2D eigenvalue weighted by Gasteiger charge is 2.24. The van der Waals surface area contributed by atoms with Gasteiger partial charge in [0, 0.05) is 49.2 Å². The molecule has 5 aromatic carbocycles. The lowest BCUT2D eigenvalue weighted by atomic mass is 9.96. The number of benzene rings is 4. The van der Waals surface area contributed by atoms with E-state index in [2.05, 4.69) is 63.7 Å². The van der Waals surface area contributed by atoms with Gasteiger partial charge in [0.2, 0.25) is 10.9 Å². The summed E-state index contributed by atoms with van der Waals surface area (Å²) in [4.78, 5) is 27.6. The van der Waals surface area contributed by atoms with E-state index in [9.17, 15) is 9.59 Å². The molecule has 6 aromatic rings. The zero-order chi connectivity index (χ0) is 37.9. The first-order valence-corrected chi connectivity index (χ1v) is 20.0. The first-order valence-electron chi connectivity index (χ1n) is 16.8. The zero-order valence-corrected chi connectivity index (χ0v) is 35.3. The van der Waals surface area contributed by atoms with Crippen LogP contribution in [0.3, 0.4) is 0 Å². The molecule has 1 aromatic heterocycles. The molecule has 7 rings (SSSR count). The van der Waals surface area contributed by atoms with Crippen molar-refractivity contribution in [3.63, 3.8) is 0 Å². The fraction of sp³-hybridized carbons (Fsp3) is 0.114. The lowest BCUT2D eigenvalue weighted by Crippen LogP contribution is -2.64. The lowest BCUT2D eigenvalue weighted by Gasteiger charge is -2.23. The van der Waals surface area contributed by atoms with Gasteiger partial charge in [-0.05, 0) is 135 Å². The first kappa shape index (κ1) is 38.3. The minimum Gasteiger partial charge on any atom is -0.457 e. The maximum absolute atomic E-state index is 13.8. The number of hydrogen-bond donors (Lipinski definition) is 0. The normalized spacial score (nSPS) is 14.0. The third kappa shape index (κ3) is 8.15. The summed E-state index contributed by atoms with van der Waals surface area (Å²) in [6.45, 7) is 0.779. The Morgan fingerprint density at radius 1 is 0.630 bits per heavy atom. The second-order valence-electron chi connectivity index (χ2n) is 12.6. The molecule has 0 N–H and O–H groups in total. The summed E-state index contributed by atoms with van der Waals surface area (Å²) in [7, 11) is 3.29. The largest absolute Gasteiger partial charge is 0.457 e. The predicted molar refractivity (Wildman–Crippen MR) is 228 cm³/mol. The highest BCUT2D eigenvalue weighted by atomic mass is 79.9. The standard InChI is InChI=1S/C44H31Br4O6/c1-51-23-29-7-3-5-9-31(29)41-19-25(17-39(53-41)27-11-13-35(45)37(47)21-27)15-33-43(49)34(44(33)50)16-26-18-40(28-12-14-36(46)38(48)22-28)54-42(20-26)32-10-6-4-8-30(32)24-52-2/h3-22,25H,23-24H2,1-2H3/q+1. The molecule has 10 heteroatoms. The predicted octanol–water partition coefficient (Wildman–Crippen LogP) is 10.2. The summed E-state index contributed by atoms with van der Waals surface area (Å²) in [5.74, 6) is 1.95. The second-order valence-corrected chi connectivity index (χ2v) is 16.0. The average molecular weight is 975 g/mol. The van der Waals surface area contributed by atoms with Crippen molar-refractivity contribution in [1.82, 2.24) is 0 Å². The van der Waals surface area contributed by atoms with Crippen LogP contribution in [0.15, 0.2) is 141 Å². The zero-order valence-electron chi connectivity index (χ0n) is 29.0. The van der Waals surface area contributed by atoms with Crippen molar-refractivity contribution >= 4 is 87.4 Å². The lowest BCUT2D eigenvalue weighted by molar-refractivity contribution is 0.184. The third-order valence-corrected chi connectivity index (χ3v) is 12.7. The maximum Gasteiger partial charge on any atom is 0.361 e. The smallest absolute Gasteiger partial charge is 0.361 e. The molecule has 0 radical (unpaired) electrons. The van der Waals surface area contributed by atoms with Gasteiger partial charge in [0.15, 0.2) is 0 Å². The monoisotopic (exact) mass is 971 g/mol. The van der Waals surface area contributed by atoms with Gasteiger partial charge in [-0.1, -0.05) is 54.6 Å². The van der Waals surface area contributed by atoms with Crippen molar-refractivity contribution < 1.29 is 18.6 Å².